The zero-order valence-electron chi connectivity index (χ0n) is 11.1. The van der Waals surface area contributed by atoms with Crippen LogP contribution in [0.15, 0.2) is 17.2 Å². The van der Waals surface area contributed by atoms with Gasteiger partial charge in [-0.15, -0.1) is 0 Å². The van der Waals surface area contributed by atoms with Crippen molar-refractivity contribution in [3.63, 3.8) is 0 Å². The Labute approximate surface area is 112 Å². The number of amides is 1. The third-order valence-corrected chi connectivity index (χ3v) is 3.83. The number of carbonyl (C=O) groups excluding carboxylic acids is 1. The molecule has 2 rings (SSSR count). The van der Waals surface area contributed by atoms with Crippen molar-refractivity contribution in [2.45, 2.75) is 32.2 Å². The first kappa shape index (κ1) is 13.7. The predicted octanol–water partition coefficient (Wildman–Crippen LogP) is 0.359. The lowest BCUT2D eigenvalue weighted by Gasteiger charge is -2.38. The number of nitrogens with zero attached hydrogens (tertiary/aromatic N) is 2. The minimum atomic E-state index is -0.309. The van der Waals surface area contributed by atoms with E-state index in [0.29, 0.717) is 19.0 Å². The number of rotatable bonds is 3. The molecule has 2 unspecified atom stereocenters. The van der Waals surface area contributed by atoms with Gasteiger partial charge in [-0.25, -0.2) is 4.98 Å². The summed E-state index contributed by atoms with van der Waals surface area (Å²) in [6.07, 6.45) is 5.56. The minimum Gasteiger partial charge on any atom is -0.333 e. The molecule has 0 aromatic carbocycles. The summed E-state index contributed by atoms with van der Waals surface area (Å²) in [5, 5.41) is 0. The second-order valence-corrected chi connectivity index (χ2v) is 4.98. The van der Waals surface area contributed by atoms with Crippen LogP contribution >= 0.6 is 0 Å². The first-order valence-corrected chi connectivity index (χ1v) is 6.71. The molecule has 1 saturated heterocycles. The fourth-order valence-electron chi connectivity index (χ4n) is 2.60. The normalized spacial score (nSPS) is 23.4. The molecule has 2 heterocycles. The van der Waals surface area contributed by atoms with Gasteiger partial charge in [0.15, 0.2) is 0 Å². The number of nitrogens with one attached hydrogen (secondary N) is 1. The highest BCUT2D eigenvalue weighted by atomic mass is 16.2. The van der Waals surface area contributed by atoms with Crippen LogP contribution in [0.5, 0.6) is 0 Å². The SMILES string of the molecule is CCC1CCN(C(=O)c2c[nH]c(=O)cn2)C(CN)C1. The fourth-order valence-corrected chi connectivity index (χ4v) is 2.60. The summed E-state index contributed by atoms with van der Waals surface area (Å²) in [4.78, 5) is 31.5. The van der Waals surface area contributed by atoms with Crippen LogP contribution in [0.4, 0.5) is 0 Å². The summed E-state index contributed by atoms with van der Waals surface area (Å²) in [6.45, 7) is 3.34. The third-order valence-electron chi connectivity index (χ3n) is 3.83. The average molecular weight is 264 g/mol. The highest BCUT2D eigenvalue weighted by Gasteiger charge is 2.31. The van der Waals surface area contributed by atoms with Crippen LogP contribution in [0.2, 0.25) is 0 Å². The Morgan fingerprint density at radius 3 is 3.00 bits per heavy atom. The summed E-state index contributed by atoms with van der Waals surface area (Å²) in [6, 6.07) is 0.0694. The summed E-state index contributed by atoms with van der Waals surface area (Å²) in [5.41, 5.74) is 5.74. The zero-order valence-corrected chi connectivity index (χ0v) is 11.1. The molecule has 1 aliphatic heterocycles. The first-order valence-electron chi connectivity index (χ1n) is 6.71. The molecule has 3 N–H and O–H groups in total. The van der Waals surface area contributed by atoms with Crippen molar-refractivity contribution >= 4 is 5.91 Å². The van der Waals surface area contributed by atoms with Crippen molar-refractivity contribution in [2.75, 3.05) is 13.1 Å². The molecule has 1 aliphatic rings. The molecule has 104 valence electrons. The number of likely N-dealkylation sites (tertiary alicyclic amines) is 1. The highest BCUT2D eigenvalue weighted by molar-refractivity contribution is 5.92. The Morgan fingerprint density at radius 1 is 1.63 bits per heavy atom. The summed E-state index contributed by atoms with van der Waals surface area (Å²) in [7, 11) is 0. The third kappa shape index (κ3) is 3.01. The second kappa shape index (κ2) is 5.97. The molecular weight excluding hydrogens is 244 g/mol. The van der Waals surface area contributed by atoms with Crippen molar-refractivity contribution in [3.8, 4) is 0 Å². The van der Waals surface area contributed by atoms with Gasteiger partial charge in [-0.2, -0.15) is 0 Å². The second-order valence-electron chi connectivity index (χ2n) is 4.98. The molecule has 0 aliphatic carbocycles. The van der Waals surface area contributed by atoms with Crippen LogP contribution in [0, 0.1) is 5.92 Å². The molecule has 19 heavy (non-hydrogen) atoms. The van der Waals surface area contributed by atoms with Crippen LogP contribution in [0.1, 0.15) is 36.7 Å². The Balaban J connectivity index is 2.13. The van der Waals surface area contributed by atoms with Crippen molar-refractivity contribution in [2.24, 2.45) is 11.7 Å². The Kier molecular flexibility index (Phi) is 4.31. The van der Waals surface area contributed by atoms with E-state index in [-0.39, 0.29) is 23.2 Å². The molecular formula is C13H20N4O2. The van der Waals surface area contributed by atoms with Gasteiger partial charge in [0.25, 0.3) is 11.5 Å². The van der Waals surface area contributed by atoms with E-state index < -0.39 is 0 Å². The molecule has 1 fully saturated rings. The topological polar surface area (TPSA) is 92.1 Å². The number of hydrogen-bond donors (Lipinski definition) is 2. The smallest absolute Gasteiger partial charge is 0.274 e. The minimum absolute atomic E-state index is 0.0694. The average Bonchev–Trinajstić information content (AvgIpc) is 2.46. The molecule has 2 atom stereocenters. The van der Waals surface area contributed by atoms with Gasteiger partial charge in [0, 0.05) is 25.3 Å². The van der Waals surface area contributed by atoms with Gasteiger partial charge < -0.3 is 15.6 Å². The predicted molar refractivity (Wildman–Crippen MR) is 71.8 cm³/mol. The Hall–Kier alpha value is -1.69. The van der Waals surface area contributed by atoms with Crippen LogP contribution in [0.25, 0.3) is 0 Å². The lowest BCUT2D eigenvalue weighted by Crippen LogP contribution is -2.49. The number of aromatic amines is 1. The maximum atomic E-state index is 12.4. The van der Waals surface area contributed by atoms with Crippen molar-refractivity contribution in [1.82, 2.24) is 14.9 Å². The zero-order chi connectivity index (χ0) is 13.8. The van der Waals surface area contributed by atoms with Crippen LogP contribution in [0.3, 0.4) is 0 Å². The van der Waals surface area contributed by atoms with Gasteiger partial charge in [-0.3, -0.25) is 9.59 Å². The summed E-state index contributed by atoms with van der Waals surface area (Å²) < 4.78 is 0. The standard InChI is InChI=1S/C13H20N4O2/c1-2-9-3-4-17(10(5-9)6-14)13(19)11-7-16-12(18)8-15-11/h7-10H,2-6,14H2,1H3,(H,16,18). The molecule has 1 aromatic rings. The van der Waals surface area contributed by atoms with Crippen LogP contribution in [-0.4, -0.2) is 39.9 Å². The molecule has 6 nitrogen and oxygen atoms in total. The number of H-pyrrole nitrogens is 1. The van der Waals surface area contributed by atoms with Gasteiger partial charge in [0.2, 0.25) is 0 Å². The monoisotopic (exact) mass is 264 g/mol. The van der Waals surface area contributed by atoms with Gasteiger partial charge >= 0.3 is 0 Å². The lowest BCUT2D eigenvalue weighted by atomic mass is 9.88. The van der Waals surface area contributed by atoms with E-state index in [2.05, 4.69) is 16.9 Å². The Morgan fingerprint density at radius 2 is 2.42 bits per heavy atom. The molecule has 0 radical (unpaired) electrons. The Bertz CT molecular complexity index is 479. The lowest BCUT2D eigenvalue weighted by molar-refractivity contribution is 0.0552. The number of aromatic nitrogens is 2. The van der Waals surface area contributed by atoms with Gasteiger partial charge in [0.05, 0.1) is 6.20 Å². The molecule has 1 aromatic heterocycles. The molecule has 6 heteroatoms. The largest absolute Gasteiger partial charge is 0.333 e. The first-order chi connectivity index (χ1) is 9.15. The summed E-state index contributed by atoms with van der Waals surface area (Å²) in [5.74, 6) is 0.488. The molecule has 0 saturated carbocycles. The van der Waals surface area contributed by atoms with Gasteiger partial charge in [0.1, 0.15) is 5.69 Å². The van der Waals surface area contributed by atoms with E-state index in [1.807, 2.05) is 0 Å². The number of nitrogens with two attached hydrogens (primary N) is 1. The number of hydrogen-bond acceptors (Lipinski definition) is 4. The van der Waals surface area contributed by atoms with Crippen molar-refractivity contribution in [3.05, 3.63) is 28.4 Å². The quantitative estimate of drug-likeness (QED) is 0.824. The number of piperidine rings is 1. The maximum absolute atomic E-state index is 12.4. The van der Waals surface area contributed by atoms with E-state index in [4.69, 9.17) is 5.73 Å². The molecule has 0 spiro atoms. The summed E-state index contributed by atoms with van der Waals surface area (Å²) >= 11 is 0. The van der Waals surface area contributed by atoms with Gasteiger partial charge in [-0.05, 0) is 18.8 Å². The van der Waals surface area contributed by atoms with E-state index in [1.165, 1.54) is 6.20 Å². The molecule has 0 bridgehead atoms. The van der Waals surface area contributed by atoms with E-state index in [0.717, 1.165) is 25.5 Å². The van der Waals surface area contributed by atoms with Crippen LogP contribution in [-0.2, 0) is 0 Å². The van der Waals surface area contributed by atoms with Crippen molar-refractivity contribution < 1.29 is 4.79 Å². The highest BCUT2D eigenvalue weighted by Crippen LogP contribution is 2.25. The van der Waals surface area contributed by atoms with Crippen LogP contribution < -0.4 is 11.3 Å². The maximum Gasteiger partial charge on any atom is 0.274 e. The molecule has 1 amide bonds. The van der Waals surface area contributed by atoms with E-state index in [9.17, 15) is 9.59 Å². The van der Waals surface area contributed by atoms with Crippen molar-refractivity contribution in [1.29, 1.82) is 0 Å². The van der Waals surface area contributed by atoms with Gasteiger partial charge in [-0.1, -0.05) is 13.3 Å². The van der Waals surface area contributed by atoms with E-state index in [1.54, 1.807) is 4.90 Å². The number of carbonyl (C=O) groups is 1. The van der Waals surface area contributed by atoms with E-state index >= 15 is 0 Å². The fraction of sp³-hybridized carbons (Fsp3) is 0.615.